The number of pyridine rings is 1. The molecule has 3 aromatic rings. The van der Waals surface area contributed by atoms with Crippen molar-refractivity contribution in [1.29, 1.82) is 0 Å². The molecular weight excluding hydrogens is 462 g/mol. The van der Waals surface area contributed by atoms with Gasteiger partial charge < -0.3 is 20.7 Å². The summed E-state index contributed by atoms with van der Waals surface area (Å²) in [4.78, 5) is 33.5. The Balaban J connectivity index is 0.00000259. The van der Waals surface area contributed by atoms with Crippen LogP contribution >= 0.6 is 23.7 Å². The Morgan fingerprint density at radius 1 is 1.27 bits per heavy atom. The summed E-state index contributed by atoms with van der Waals surface area (Å²) in [6.45, 7) is 5.67. The van der Waals surface area contributed by atoms with Gasteiger partial charge >= 0.3 is 6.03 Å². The second-order valence-electron chi connectivity index (χ2n) is 8.26. The van der Waals surface area contributed by atoms with Crippen molar-refractivity contribution < 1.29 is 14.3 Å². The molecule has 3 amide bonds. The summed E-state index contributed by atoms with van der Waals surface area (Å²) in [7, 11) is 0. The van der Waals surface area contributed by atoms with Gasteiger partial charge in [-0.3, -0.25) is 9.69 Å². The van der Waals surface area contributed by atoms with Crippen LogP contribution in [0.5, 0.6) is 5.75 Å². The number of thiophene rings is 1. The van der Waals surface area contributed by atoms with Gasteiger partial charge in [0.1, 0.15) is 15.5 Å². The first-order chi connectivity index (χ1) is 15.5. The fraction of sp³-hybridized carbons (Fsp3) is 0.348. The average Bonchev–Trinajstić information content (AvgIpc) is 3.15. The third-order valence-corrected chi connectivity index (χ3v) is 6.65. The van der Waals surface area contributed by atoms with Gasteiger partial charge in [-0.05, 0) is 63.6 Å². The van der Waals surface area contributed by atoms with Crippen molar-refractivity contribution in [3.05, 3.63) is 41.4 Å². The third kappa shape index (κ3) is 4.48. The van der Waals surface area contributed by atoms with Crippen LogP contribution in [0.2, 0.25) is 0 Å². The number of carbonyl (C=O) groups is 2. The molecule has 33 heavy (non-hydrogen) atoms. The highest BCUT2D eigenvalue weighted by Crippen LogP contribution is 2.45. The summed E-state index contributed by atoms with van der Waals surface area (Å²) >= 11 is 1.30. The lowest BCUT2D eigenvalue weighted by atomic mass is 10.1. The number of rotatable bonds is 5. The lowest BCUT2D eigenvalue weighted by Gasteiger charge is -2.28. The normalized spacial score (nSPS) is 17.5. The van der Waals surface area contributed by atoms with E-state index in [0.717, 1.165) is 37.1 Å². The van der Waals surface area contributed by atoms with Crippen molar-refractivity contribution in [1.82, 2.24) is 15.6 Å². The maximum Gasteiger partial charge on any atom is 0.331 e. The van der Waals surface area contributed by atoms with E-state index in [4.69, 9.17) is 4.74 Å². The standard InChI is InChI=1S/C23H25N5O3S.ClH/c1-13(2)31-16-7-5-15(6-8-16)28-17-9-11-25-22-18(17)19(27-23(28)30)20(32-22)21(29)26-14-4-3-10-24-12-14;/h5-9,11,13-14,24H,3-4,10,12H2,1-2H3,(H,26,29)(H,27,30);1H/t14-;/m1./s1. The predicted molar refractivity (Wildman–Crippen MR) is 134 cm³/mol. The monoisotopic (exact) mass is 487 g/mol. The number of halogens is 1. The topological polar surface area (TPSA) is 95.6 Å². The molecule has 1 fully saturated rings. The van der Waals surface area contributed by atoms with Gasteiger partial charge in [0.15, 0.2) is 0 Å². The van der Waals surface area contributed by atoms with E-state index in [1.807, 2.05) is 44.2 Å². The number of ether oxygens (including phenoxy) is 1. The SMILES string of the molecule is CC(C)Oc1ccc(N2C(=O)Nc3c(C(=O)N[C@@H]4CCCNC4)sc4nccc2c34)cc1.Cl. The Hall–Kier alpha value is -2.88. The van der Waals surface area contributed by atoms with Crippen LogP contribution in [0.3, 0.4) is 0 Å². The second kappa shape index (κ2) is 9.54. The number of nitrogens with zero attached hydrogens (tertiary/aromatic N) is 2. The molecule has 8 nitrogen and oxygen atoms in total. The molecule has 174 valence electrons. The van der Waals surface area contributed by atoms with Gasteiger partial charge in [-0.1, -0.05) is 0 Å². The van der Waals surface area contributed by atoms with Gasteiger partial charge in [-0.2, -0.15) is 0 Å². The molecule has 0 spiro atoms. The van der Waals surface area contributed by atoms with Crippen molar-refractivity contribution in [3.8, 4) is 5.75 Å². The molecule has 2 aromatic heterocycles. The molecule has 2 aliphatic rings. The maximum absolute atomic E-state index is 13.1. The number of benzene rings is 1. The number of aromatic nitrogens is 1. The Morgan fingerprint density at radius 3 is 2.76 bits per heavy atom. The highest BCUT2D eigenvalue weighted by molar-refractivity contribution is 7.21. The number of nitrogens with one attached hydrogen (secondary N) is 3. The van der Waals surface area contributed by atoms with Crippen LogP contribution in [0.25, 0.3) is 10.2 Å². The number of hydrogen-bond acceptors (Lipinski definition) is 6. The molecule has 10 heteroatoms. The van der Waals surface area contributed by atoms with Crippen LogP contribution < -0.4 is 25.6 Å². The molecule has 3 N–H and O–H groups in total. The molecule has 4 heterocycles. The molecule has 2 aliphatic heterocycles. The molecule has 1 atom stereocenters. The van der Waals surface area contributed by atoms with Crippen LogP contribution in [-0.2, 0) is 0 Å². The first kappa shape index (κ1) is 23.3. The van der Waals surface area contributed by atoms with E-state index in [0.29, 0.717) is 26.8 Å². The quantitative estimate of drug-likeness (QED) is 0.486. The van der Waals surface area contributed by atoms with E-state index in [-0.39, 0.29) is 36.5 Å². The number of hydrogen-bond donors (Lipinski definition) is 3. The smallest absolute Gasteiger partial charge is 0.331 e. The van der Waals surface area contributed by atoms with Gasteiger partial charge in [-0.15, -0.1) is 23.7 Å². The lowest BCUT2D eigenvalue weighted by Crippen LogP contribution is -2.45. The van der Waals surface area contributed by atoms with Gasteiger partial charge in [0.2, 0.25) is 0 Å². The van der Waals surface area contributed by atoms with E-state index >= 15 is 0 Å². The van der Waals surface area contributed by atoms with Crippen LogP contribution in [0.4, 0.5) is 21.9 Å². The zero-order chi connectivity index (χ0) is 22.2. The summed E-state index contributed by atoms with van der Waals surface area (Å²) in [5.74, 6) is 0.569. The third-order valence-electron chi connectivity index (χ3n) is 5.55. The van der Waals surface area contributed by atoms with E-state index in [1.165, 1.54) is 11.3 Å². The zero-order valence-corrected chi connectivity index (χ0v) is 20.0. The first-order valence-corrected chi connectivity index (χ1v) is 11.6. The molecule has 5 rings (SSSR count). The zero-order valence-electron chi connectivity index (χ0n) is 18.4. The second-order valence-corrected chi connectivity index (χ2v) is 9.26. The summed E-state index contributed by atoms with van der Waals surface area (Å²) in [6.07, 6.45) is 3.72. The van der Waals surface area contributed by atoms with Crippen LogP contribution in [0.15, 0.2) is 36.5 Å². The first-order valence-electron chi connectivity index (χ1n) is 10.8. The summed E-state index contributed by atoms with van der Waals surface area (Å²) < 4.78 is 5.71. The van der Waals surface area contributed by atoms with E-state index in [9.17, 15) is 9.59 Å². The Morgan fingerprint density at radius 2 is 2.06 bits per heavy atom. The Labute approximate surface area is 202 Å². The minimum absolute atomic E-state index is 0. The molecule has 1 aromatic carbocycles. The largest absolute Gasteiger partial charge is 0.491 e. The van der Waals surface area contributed by atoms with Crippen LogP contribution in [0, 0.1) is 0 Å². The Kier molecular flexibility index (Phi) is 6.73. The molecular formula is C23H26ClN5O3S. The minimum Gasteiger partial charge on any atom is -0.491 e. The molecule has 1 saturated heterocycles. The van der Waals surface area contributed by atoms with E-state index in [1.54, 1.807) is 11.1 Å². The van der Waals surface area contributed by atoms with Crippen molar-refractivity contribution >= 4 is 63.0 Å². The van der Waals surface area contributed by atoms with Crippen LogP contribution in [0.1, 0.15) is 36.4 Å². The summed E-state index contributed by atoms with van der Waals surface area (Å²) in [5.41, 5.74) is 1.96. The molecule has 0 radical (unpaired) electrons. The lowest BCUT2D eigenvalue weighted by molar-refractivity contribution is 0.0935. The summed E-state index contributed by atoms with van der Waals surface area (Å²) in [5, 5.41) is 10.1. The van der Waals surface area contributed by atoms with Crippen molar-refractivity contribution in [3.63, 3.8) is 0 Å². The number of piperidine rings is 1. The van der Waals surface area contributed by atoms with E-state index < -0.39 is 0 Å². The number of urea groups is 1. The summed E-state index contributed by atoms with van der Waals surface area (Å²) in [6, 6.07) is 8.98. The number of anilines is 3. The van der Waals surface area contributed by atoms with Crippen molar-refractivity contribution in [2.24, 2.45) is 0 Å². The molecule has 0 bridgehead atoms. The highest BCUT2D eigenvalue weighted by atomic mass is 35.5. The fourth-order valence-corrected chi connectivity index (χ4v) is 5.19. The molecule has 0 aliphatic carbocycles. The van der Waals surface area contributed by atoms with Crippen molar-refractivity contribution in [2.45, 2.75) is 38.8 Å². The molecule has 0 saturated carbocycles. The van der Waals surface area contributed by atoms with Crippen LogP contribution in [-0.4, -0.2) is 42.2 Å². The predicted octanol–water partition coefficient (Wildman–Crippen LogP) is 4.67. The van der Waals surface area contributed by atoms with Gasteiger partial charge in [0.25, 0.3) is 5.91 Å². The number of amides is 3. The van der Waals surface area contributed by atoms with Gasteiger partial charge in [0, 0.05) is 18.8 Å². The van der Waals surface area contributed by atoms with Gasteiger partial charge in [0.05, 0.1) is 28.6 Å². The fourth-order valence-electron chi connectivity index (χ4n) is 4.17. The highest BCUT2D eigenvalue weighted by Gasteiger charge is 2.33. The average molecular weight is 488 g/mol. The minimum atomic E-state index is -0.311. The van der Waals surface area contributed by atoms with Crippen molar-refractivity contribution in [2.75, 3.05) is 23.3 Å². The Bertz CT molecular complexity index is 1170. The van der Waals surface area contributed by atoms with Gasteiger partial charge in [-0.25, -0.2) is 9.78 Å². The maximum atomic E-state index is 13.1. The number of carbonyl (C=O) groups excluding carboxylic acids is 2. The van der Waals surface area contributed by atoms with E-state index in [2.05, 4.69) is 20.9 Å². The molecule has 0 unspecified atom stereocenters.